The van der Waals surface area contributed by atoms with Crippen LogP contribution in [0.15, 0.2) is 42.5 Å². The van der Waals surface area contributed by atoms with Gasteiger partial charge in [-0.1, -0.05) is 43.5 Å². The summed E-state index contributed by atoms with van der Waals surface area (Å²) in [6.07, 6.45) is 7.77. The second kappa shape index (κ2) is 6.21. The first-order chi connectivity index (χ1) is 10.2. The predicted molar refractivity (Wildman–Crippen MR) is 90.3 cm³/mol. The van der Waals surface area contributed by atoms with E-state index in [0.29, 0.717) is 0 Å². The summed E-state index contributed by atoms with van der Waals surface area (Å²) >= 11 is 0. The van der Waals surface area contributed by atoms with Crippen LogP contribution in [0.5, 0.6) is 0 Å². The molecule has 0 amide bonds. The molecule has 1 fully saturated rings. The van der Waals surface area contributed by atoms with Crippen molar-refractivity contribution in [2.75, 3.05) is 11.5 Å². The van der Waals surface area contributed by atoms with Crippen molar-refractivity contribution in [2.24, 2.45) is 0 Å². The Morgan fingerprint density at radius 1 is 0.762 bits per heavy atom. The molecule has 0 aromatic heterocycles. The van der Waals surface area contributed by atoms with Gasteiger partial charge in [-0.05, 0) is 60.1 Å². The molecule has 1 aliphatic carbocycles. The molecule has 1 saturated carbocycles. The smallest absolute Gasteiger partial charge is 0.0337 e. The lowest BCUT2D eigenvalue weighted by atomic mass is 9.84. The normalized spacial score (nSPS) is 16.0. The van der Waals surface area contributed by atoms with Crippen molar-refractivity contribution in [3.8, 4) is 0 Å². The third kappa shape index (κ3) is 3.57. The van der Waals surface area contributed by atoms with E-state index in [1.54, 1.807) is 6.07 Å². The molecule has 0 heterocycles. The molecule has 0 atom stereocenters. The number of rotatable bonds is 3. The van der Waals surface area contributed by atoms with E-state index in [1.165, 1.54) is 48.8 Å². The van der Waals surface area contributed by atoms with Gasteiger partial charge in [0.05, 0.1) is 0 Å². The molecule has 2 nitrogen and oxygen atoms in total. The van der Waals surface area contributed by atoms with E-state index in [-0.39, 0.29) is 0 Å². The van der Waals surface area contributed by atoms with Crippen LogP contribution in [0.2, 0.25) is 0 Å². The van der Waals surface area contributed by atoms with Crippen LogP contribution in [-0.4, -0.2) is 0 Å². The van der Waals surface area contributed by atoms with Crippen LogP contribution in [0.25, 0.3) is 0 Å². The lowest BCUT2D eigenvalue weighted by Crippen LogP contribution is -2.04. The summed E-state index contributed by atoms with van der Waals surface area (Å²) in [5, 5.41) is 0. The Labute approximate surface area is 127 Å². The minimum Gasteiger partial charge on any atom is -0.399 e. The highest BCUT2D eigenvalue weighted by molar-refractivity contribution is 5.55. The largest absolute Gasteiger partial charge is 0.399 e. The molecule has 0 bridgehead atoms. The van der Waals surface area contributed by atoms with Crippen LogP contribution in [0.4, 0.5) is 11.4 Å². The molecule has 110 valence electrons. The third-order valence-corrected chi connectivity index (χ3v) is 4.50. The lowest BCUT2D eigenvalue weighted by molar-refractivity contribution is 0.443. The summed E-state index contributed by atoms with van der Waals surface area (Å²) in [6, 6.07) is 14.9. The molecule has 21 heavy (non-hydrogen) atoms. The topological polar surface area (TPSA) is 52.0 Å². The monoisotopic (exact) mass is 280 g/mol. The summed E-state index contributed by atoms with van der Waals surface area (Å²) in [5.74, 6) is 0.774. The first-order valence-corrected chi connectivity index (χ1v) is 7.94. The van der Waals surface area contributed by atoms with Gasteiger partial charge in [0, 0.05) is 11.4 Å². The van der Waals surface area contributed by atoms with Gasteiger partial charge in [0.15, 0.2) is 0 Å². The zero-order chi connectivity index (χ0) is 14.7. The summed E-state index contributed by atoms with van der Waals surface area (Å²) in [6.45, 7) is 0. The average Bonchev–Trinajstić information content (AvgIpc) is 2.48. The van der Waals surface area contributed by atoms with Gasteiger partial charge < -0.3 is 11.5 Å². The predicted octanol–water partition coefficient (Wildman–Crippen LogP) is 4.49. The quantitative estimate of drug-likeness (QED) is 0.814. The number of benzene rings is 2. The zero-order valence-electron chi connectivity index (χ0n) is 12.5. The molecular weight excluding hydrogens is 256 g/mol. The zero-order valence-corrected chi connectivity index (χ0v) is 12.5. The van der Waals surface area contributed by atoms with Crippen LogP contribution >= 0.6 is 0 Å². The maximum atomic E-state index is 5.85. The van der Waals surface area contributed by atoms with Crippen LogP contribution in [0.3, 0.4) is 0 Å². The molecule has 0 spiro atoms. The molecule has 2 aromatic carbocycles. The molecule has 1 aliphatic rings. The number of hydrogen-bond donors (Lipinski definition) is 2. The van der Waals surface area contributed by atoms with Crippen LogP contribution in [0, 0.1) is 0 Å². The van der Waals surface area contributed by atoms with Crippen LogP contribution in [0.1, 0.15) is 54.7 Å². The van der Waals surface area contributed by atoms with E-state index in [0.717, 1.165) is 23.7 Å². The Kier molecular flexibility index (Phi) is 4.14. The van der Waals surface area contributed by atoms with E-state index >= 15 is 0 Å². The van der Waals surface area contributed by atoms with Crippen molar-refractivity contribution < 1.29 is 0 Å². The van der Waals surface area contributed by atoms with Gasteiger partial charge in [0.25, 0.3) is 0 Å². The minimum absolute atomic E-state index is 0.740. The standard InChI is InChI=1S/C19H24N2/c20-18-11-15(12-19(21)13-18)10-14-6-8-17(9-7-14)16-4-2-1-3-5-16/h6-9,11-13,16H,1-5,10,20-21H2. The maximum absolute atomic E-state index is 5.85. The first kappa shape index (κ1) is 14.0. The fourth-order valence-electron chi connectivity index (χ4n) is 3.43. The number of hydrogen-bond acceptors (Lipinski definition) is 2. The molecule has 2 heteroatoms. The molecule has 0 unspecified atom stereocenters. The summed E-state index contributed by atoms with van der Waals surface area (Å²) in [5.41, 5.74) is 17.2. The van der Waals surface area contributed by atoms with Crippen LogP contribution in [-0.2, 0) is 6.42 Å². The van der Waals surface area contributed by atoms with Gasteiger partial charge in [-0.25, -0.2) is 0 Å². The van der Waals surface area contributed by atoms with Gasteiger partial charge in [-0.15, -0.1) is 0 Å². The SMILES string of the molecule is Nc1cc(N)cc(Cc2ccc(C3CCCCC3)cc2)c1. The molecule has 4 N–H and O–H groups in total. The summed E-state index contributed by atoms with van der Waals surface area (Å²) < 4.78 is 0. The van der Waals surface area contributed by atoms with Gasteiger partial charge >= 0.3 is 0 Å². The number of anilines is 2. The van der Waals surface area contributed by atoms with Crippen molar-refractivity contribution in [3.05, 3.63) is 59.2 Å². The Balaban J connectivity index is 1.71. The number of nitrogens with two attached hydrogens (primary N) is 2. The molecule has 0 radical (unpaired) electrons. The van der Waals surface area contributed by atoms with Crippen molar-refractivity contribution in [3.63, 3.8) is 0 Å². The summed E-state index contributed by atoms with van der Waals surface area (Å²) in [4.78, 5) is 0. The molecule has 0 saturated heterocycles. The summed E-state index contributed by atoms with van der Waals surface area (Å²) in [7, 11) is 0. The average molecular weight is 280 g/mol. The van der Waals surface area contributed by atoms with Crippen molar-refractivity contribution in [1.29, 1.82) is 0 Å². The van der Waals surface area contributed by atoms with Crippen molar-refractivity contribution in [1.82, 2.24) is 0 Å². The Morgan fingerprint density at radius 3 is 2.00 bits per heavy atom. The fraction of sp³-hybridized carbons (Fsp3) is 0.368. The molecule has 0 aliphatic heterocycles. The van der Waals surface area contributed by atoms with Gasteiger partial charge in [0.2, 0.25) is 0 Å². The van der Waals surface area contributed by atoms with E-state index in [2.05, 4.69) is 24.3 Å². The van der Waals surface area contributed by atoms with E-state index in [1.807, 2.05) is 12.1 Å². The molecule has 3 rings (SSSR count). The van der Waals surface area contributed by atoms with Gasteiger partial charge in [-0.3, -0.25) is 0 Å². The van der Waals surface area contributed by atoms with E-state index in [4.69, 9.17) is 11.5 Å². The third-order valence-electron chi connectivity index (χ3n) is 4.50. The second-order valence-corrected chi connectivity index (χ2v) is 6.26. The second-order valence-electron chi connectivity index (χ2n) is 6.26. The lowest BCUT2D eigenvalue weighted by Gasteiger charge is -2.22. The van der Waals surface area contributed by atoms with E-state index < -0.39 is 0 Å². The fourth-order valence-corrected chi connectivity index (χ4v) is 3.43. The van der Waals surface area contributed by atoms with Crippen LogP contribution < -0.4 is 11.5 Å². The highest BCUT2D eigenvalue weighted by atomic mass is 14.6. The Morgan fingerprint density at radius 2 is 1.38 bits per heavy atom. The molecule has 2 aromatic rings. The first-order valence-electron chi connectivity index (χ1n) is 7.94. The van der Waals surface area contributed by atoms with Crippen molar-refractivity contribution >= 4 is 11.4 Å². The van der Waals surface area contributed by atoms with Gasteiger partial charge in [0.1, 0.15) is 0 Å². The minimum atomic E-state index is 0.740. The van der Waals surface area contributed by atoms with Crippen molar-refractivity contribution in [2.45, 2.75) is 44.4 Å². The van der Waals surface area contributed by atoms with E-state index in [9.17, 15) is 0 Å². The highest BCUT2D eigenvalue weighted by Gasteiger charge is 2.15. The molecular formula is C19H24N2. The number of nitrogen functional groups attached to an aromatic ring is 2. The Bertz CT molecular complexity index is 575. The maximum Gasteiger partial charge on any atom is 0.0337 e. The Hall–Kier alpha value is -1.96. The van der Waals surface area contributed by atoms with Gasteiger partial charge in [-0.2, -0.15) is 0 Å². The highest BCUT2D eigenvalue weighted by Crippen LogP contribution is 2.32.